The van der Waals surface area contributed by atoms with E-state index < -0.39 is 11.6 Å². The van der Waals surface area contributed by atoms with Crippen LogP contribution in [0, 0.1) is 17.1 Å². The van der Waals surface area contributed by atoms with Crippen molar-refractivity contribution in [3.8, 4) is 6.07 Å². The first-order valence-electron chi connectivity index (χ1n) is 6.30. The summed E-state index contributed by atoms with van der Waals surface area (Å²) in [6.45, 7) is 0. The summed E-state index contributed by atoms with van der Waals surface area (Å²) in [5.41, 5.74) is 6.15. The molecule has 1 aromatic heterocycles. The second-order valence-corrected chi connectivity index (χ2v) is 5.48. The van der Waals surface area contributed by atoms with Crippen LogP contribution in [-0.2, 0) is 0 Å². The number of anilines is 1. The number of benzene rings is 2. The third-order valence-corrected chi connectivity index (χ3v) is 3.95. The Bertz CT molecular complexity index is 1010. The van der Waals surface area contributed by atoms with E-state index in [1.54, 1.807) is 0 Å². The van der Waals surface area contributed by atoms with Gasteiger partial charge in [-0.3, -0.25) is 9.89 Å². The predicted octanol–water partition coefficient (Wildman–Crippen LogP) is 3.69. The number of aromatic nitrogens is 2. The number of nitrogens with zero attached hydrogens (tertiary/aromatic N) is 2. The summed E-state index contributed by atoms with van der Waals surface area (Å²) in [6, 6.07) is 6.73. The Kier molecular flexibility index (Phi) is 3.68. The summed E-state index contributed by atoms with van der Waals surface area (Å²) in [5.74, 6) is -1.29. The van der Waals surface area contributed by atoms with Gasteiger partial charge in [-0.25, -0.2) is 4.39 Å². The van der Waals surface area contributed by atoms with Gasteiger partial charge in [0.05, 0.1) is 27.1 Å². The van der Waals surface area contributed by atoms with E-state index in [1.807, 2.05) is 6.07 Å². The SMILES string of the molecule is N#Cc1c(C(=O)c2cc(F)ccc2Cl)c(N)cc2[nH]nc(Cl)c12. The van der Waals surface area contributed by atoms with E-state index in [9.17, 15) is 14.4 Å². The predicted molar refractivity (Wildman–Crippen MR) is 85.1 cm³/mol. The molecule has 23 heavy (non-hydrogen) atoms. The lowest BCUT2D eigenvalue weighted by Crippen LogP contribution is -2.09. The first-order chi connectivity index (χ1) is 10.9. The molecule has 0 spiro atoms. The third-order valence-electron chi connectivity index (χ3n) is 3.35. The van der Waals surface area contributed by atoms with Crippen LogP contribution in [0.5, 0.6) is 0 Å². The summed E-state index contributed by atoms with van der Waals surface area (Å²) in [7, 11) is 0. The molecule has 3 rings (SSSR count). The lowest BCUT2D eigenvalue weighted by atomic mass is 9.94. The van der Waals surface area contributed by atoms with Gasteiger partial charge in [-0.2, -0.15) is 10.4 Å². The lowest BCUT2D eigenvalue weighted by molar-refractivity contribution is 0.103. The molecule has 8 heteroatoms. The van der Waals surface area contributed by atoms with Crippen molar-refractivity contribution < 1.29 is 9.18 Å². The first-order valence-corrected chi connectivity index (χ1v) is 7.05. The molecule has 114 valence electrons. The normalized spacial score (nSPS) is 10.7. The Labute approximate surface area is 139 Å². The van der Waals surface area contributed by atoms with Crippen LogP contribution >= 0.6 is 23.2 Å². The Hall–Kier alpha value is -2.62. The highest BCUT2D eigenvalue weighted by Crippen LogP contribution is 2.33. The average molecular weight is 349 g/mol. The van der Waals surface area contributed by atoms with Crippen molar-refractivity contribution in [2.45, 2.75) is 0 Å². The molecule has 3 aromatic rings. The van der Waals surface area contributed by atoms with Crippen molar-refractivity contribution in [1.29, 1.82) is 5.26 Å². The van der Waals surface area contributed by atoms with Gasteiger partial charge in [0, 0.05) is 11.3 Å². The fourth-order valence-corrected chi connectivity index (χ4v) is 2.78. The quantitative estimate of drug-likeness (QED) is 0.545. The van der Waals surface area contributed by atoms with Crippen LogP contribution in [0.4, 0.5) is 10.1 Å². The Balaban J connectivity index is 2.33. The topological polar surface area (TPSA) is 95.6 Å². The van der Waals surface area contributed by atoms with E-state index in [2.05, 4.69) is 10.2 Å². The zero-order valence-electron chi connectivity index (χ0n) is 11.3. The van der Waals surface area contributed by atoms with Crippen LogP contribution in [0.15, 0.2) is 24.3 Å². The van der Waals surface area contributed by atoms with Gasteiger partial charge in [0.15, 0.2) is 10.9 Å². The number of nitrogens with one attached hydrogen (secondary N) is 1. The van der Waals surface area contributed by atoms with Crippen molar-refractivity contribution in [1.82, 2.24) is 10.2 Å². The van der Waals surface area contributed by atoms with Crippen molar-refractivity contribution in [2.24, 2.45) is 0 Å². The van der Waals surface area contributed by atoms with Gasteiger partial charge in [0.2, 0.25) is 0 Å². The van der Waals surface area contributed by atoms with Crippen LogP contribution in [0.3, 0.4) is 0 Å². The minimum atomic E-state index is -0.664. The summed E-state index contributed by atoms with van der Waals surface area (Å²) in [5, 5.41) is 16.2. The smallest absolute Gasteiger partial charge is 0.198 e. The molecule has 0 saturated heterocycles. The molecule has 0 aliphatic heterocycles. The van der Waals surface area contributed by atoms with Gasteiger partial charge in [-0.15, -0.1) is 0 Å². The number of carbonyl (C=O) groups excluding carboxylic acids is 1. The van der Waals surface area contributed by atoms with E-state index in [4.69, 9.17) is 28.9 Å². The molecule has 1 heterocycles. The van der Waals surface area contributed by atoms with Gasteiger partial charge in [0.1, 0.15) is 11.9 Å². The van der Waals surface area contributed by atoms with Crippen LogP contribution in [0.1, 0.15) is 21.5 Å². The maximum absolute atomic E-state index is 13.4. The summed E-state index contributed by atoms with van der Waals surface area (Å²) >= 11 is 11.9. The molecule has 0 saturated carbocycles. The third kappa shape index (κ3) is 2.40. The number of aromatic amines is 1. The fraction of sp³-hybridized carbons (Fsp3) is 0. The van der Waals surface area contributed by atoms with Crippen molar-refractivity contribution in [2.75, 3.05) is 5.73 Å². The summed E-state index contributed by atoms with van der Waals surface area (Å²) in [6.07, 6.45) is 0. The second kappa shape index (κ2) is 5.54. The minimum absolute atomic E-state index is 0.0379. The fourth-order valence-electron chi connectivity index (χ4n) is 2.33. The van der Waals surface area contributed by atoms with Crippen molar-refractivity contribution in [3.05, 3.63) is 56.9 Å². The molecule has 3 N–H and O–H groups in total. The van der Waals surface area contributed by atoms with Crippen LogP contribution in [-0.4, -0.2) is 16.0 Å². The standard InChI is InChI=1S/C15H7Cl2FN4O/c16-9-2-1-6(18)3-7(9)14(23)12-8(5-19)13-11(4-10(12)20)21-22-15(13)17/h1-4H,20H2,(H,21,22). The monoisotopic (exact) mass is 348 g/mol. The van der Waals surface area contributed by atoms with Crippen LogP contribution in [0.25, 0.3) is 10.9 Å². The van der Waals surface area contributed by atoms with Crippen molar-refractivity contribution >= 4 is 45.6 Å². The maximum Gasteiger partial charge on any atom is 0.198 e. The second-order valence-electron chi connectivity index (χ2n) is 4.72. The highest BCUT2D eigenvalue weighted by Gasteiger charge is 2.24. The highest BCUT2D eigenvalue weighted by molar-refractivity contribution is 6.37. The average Bonchev–Trinajstić information content (AvgIpc) is 2.88. The summed E-state index contributed by atoms with van der Waals surface area (Å²) < 4.78 is 13.4. The van der Waals surface area contributed by atoms with Gasteiger partial charge in [-0.1, -0.05) is 23.2 Å². The van der Waals surface area contributed by atoms with Gasteiger partial charge in [-0.05, 0) is 24.3 Å². The Morgan fingerprint density at radius 2 is 2.09 bits per heavy atom. The molecule has 0 amide bonds. The van der Waals surface area contributed by atoms with Gasteiger partial charge in [0.25, 0.3) is 0 Å². The van der Waals surface area contributed by atoms with E-state index in [1.165, 1.54) is 12.1 Å². The number of nitrogen functional groups attached to an aromatic ring is 1. The number of ketones is 1. The van der Waals surface area contributed by atoms with Gasteiger partial charge >= 0.3 is 0 Å². The number of hydrogen-bond acceptors (Lipinski definition) is 4. The van der Waals surface area contributed by atoms with E-state index in [-0.39, 0.29) is 37.9 Å². The molecular formula is C15H7Cl2FN4O. The minimum Gasteiger partial charge on any atom is -0.398 e. The number of nitriles is 1. The number of nitrogens with two attached hydrogens (primary N) is 1. The maximum atomic E-state index is 13.4. The van der Waals surface area contributed by atoms with Crippen LogP contribution in [0.2, 0.25) is 10.2 Å². The Morgan fingerprint density at radius 3 is 2.78 bits per heavy atom. The van der Waals surface area contributed by atoms with Crippen molar-refractivity contribution in [3.63, 3.8) is 0 Å². The molecule has 0 atom stereocenters. The molecule has 0 aliphatic carbocycles. The number of H-pyrrole nitrogens is 1. The number of carbonyl (C=O) groups is 1. The zero-order chi connectivity index (χ0) is 16.7. The number of rotatable bonds is 2. The van der Waals surface area contributed by atoms with Crippen LogP contribution < -0.4 is 5.73 Å². The van der Waals surface area contributed by atoms with E-state index >= 15 is 0 Å². The molecule has 0 aliphatic rings. The highest BCUT2D eigenvalue weighted by atomic mass is 35.5. The molecular weight excluding hydrogens is 342 g/mol. The van der Waals surface area contributed by atoms with Gasteiger partial charge < -0.3 is 5.73 Å². The molecule has 0 fully saturated rings. The molecule has 5 nitrogen and oxygen atoms in total. The molecule has 0 bridgehead atoms. The molecule has 0 radical (unpaired) electrons. The number of fused-ring (bicyclic) bond motifs is 1. The lowest BCUT2D eigenvalue weighted by Gasteiger charge is -2.10. The number of halogens is 3. The first kappa shape index (κ1) is 15.3. The summed E-state index contributed by atoms with van der Waals surface area (Å²) in [4.78, 5) is 12.7. The molecule has 0 unspecified atom stereocenters. The molecule has 2 aromatic carbocycles. The Morgan fingerprint density at radius 1 is 1.35 bits per heavy atom. The zero-order valence-corrected chi connectivity index (χ0v) is 12.8. The largest absolute Gasteiger partial charge is 0.398 e. The number of hydrogen-bond donors (Lipinski definition) is 2. The van der Waals surface area contributed by atoms with E-state index in [0.29, 0.717) is 5.52 Å². The van der Waals surface area contributed by atoms with E-state index in [0.717, 1.165) is 12.1 Å².